The molecule has 1 rings (SSSR count). The molecular weight excluding hydrogens is 341 g/mol. The van der Waals surface area contributed by atoms with E-state index >= 15 is 0 Å². The van der Waals surface area contributed by atoms with Crippen LogP contribution in [-0.2, 0) is 15.5 Å². The largest absolute Gasteiger partial charge is 0.460 e. The highest BCUT2D eigenvalue weighted by molar-refractivity contribution is 7.50. The maximum Gasteiger partial charge on any atom is 0.329 e. The van der Waals surface area contributed by atoms with Crippen LogP contribution in [0.3, 0.4) is 0 Å². The maximum absolute atomic E-state index is 11.1. The van der Waals surface area contributed by atoms with Gasteiger partial charge in [0.05, 0.1) is 11.1 Å². The molecule has 0 saturated carbocycles. The molecule has 0 unspecified atom stereocenters. The molecule has 0 heterocycles. The first-order valence-corrected chi connectivity index (χ1v) is 12.5. The lowest BCUT2D eigenvalue weighted by Crippen LogP contribution is -2.22. The molecule has 0 aliphatic rings. The van der Waals surface area contributed by atoms with E-state index in [2.05, 4.69) is 19.6 Å². The van der Waals surface area contributed by atoms with E-state index in [9.17, 15) is 14.7 Å². The molecule has 0 fully saturated rings. The van der Waals surface area contributed by atoms with Crippen molar-refractivity contribution in [2.75, 3.05) is 13.4 Å². The molecule has 1 aromatic rings. The molecule has 0 radical (unpaired) electrons. The van der Waals surface area contributed by atoms with Gasteiger partial charge in [-0.2, -0.15) is 0 Å². The SMILES string of the molecule is C[Si](C)(C)CCOCOc1ccc(CP(=O)(O)O)cc1[N+](=O)[O-]. The summed E-state index contributed by atoms with van der Waals surface area (Å²) in [5.41, 5.74) is -0.165. The van der Waals surface area contributed by atoms with E-state index in [-0.39, 0.29) is 23.8 Å². The molecule has 0 aliphatic heterocycles. The zero-order valence-electron chi connectivity index (χ0n) is 13.4. The highest BCUT2D eigenvalue weighted by atomic mass is 31.2. The maximum atomic E-state index is 11.1. The Bertz CT molecular complexity index is 596. The Morgan fingerprint density at radius 1 is 1.30 bits per heavy atom. The lowest BCUT2D eigenvalue weighted by molar-refractivity contribution is -0.386. The summed E-state index contributed by atoms with van der Waals surface area (Å²) in [6.07, 6.45) is -0.555. The smallest absolute Gasteiger partial charge is 0.329 e. The standard InChI is InChI=1S/C13H22NO7PSi/c1-23(2,3)7-6-20-10-21-13-5-4-11(9-22(17,18)19)8-12(13)14(15)16/h4-5,8H,6-7,9-10H2,1-3H3,(H2,17,18,19). The fourth-order valence-electron chi connectivity index (χ4n) is 1.71. The molecule has 0 bridgehead atoms. The van der Waals surface area contributed by atoms with Crippen LogP contribution in [0, 0.1) is 10.1 Å². The zero-order valence-corrected chi connectivity index (χ0v) is 15.3. The topological polar surface area (TPSA) is 119 Å². The number of nitro groups is 1. The minimum Gasteiger partial charge on any atom is -0.460 e. The fourth-order valence-corrected chi connectivity index (χ4v) is 3.14. The highest BCUT2D eigenvalue weighted by Crippen LogP contribution is 2.40. The van der Waals surface area contributed by atoms with Gasteiger partial charge >= 0.3 is 13.3 Å². The highest BCUT2D eigenvalue weighted by Gasteiger charge is 2.20. The van der Waals surface area contributed by atoms with Crippen LogP contribution < -0.4 is 4.74 Å². The second kappa shape index (κ2) is 8.03. The molecule has 1 aromatic carbocycles. The van der Waals surface area contributed by atoms with Gasteiger partial charge in [-0.05, 0) is 17.7 Å². The summed E-state index contributed by atoms with van der Waals surface area (Å²) in [7, 11) is -5.49. The second-order valence-corrected chi connectivity index (χ2v) is 13.6. The number of ether oxygens (including phenoxy) is 2. The third-order valence-electron chi connectivity index (χ3n) is 2.90. The van der Waals surface area contributed by atoms with Gasteiger partial charge in [-0.3, -0.25) is 14.7 Å². The van der Waals surface area contributed by atoms with E-state index in [4.69, 9.17) is 19.3 Å². The van der Waals surface area contributed by atoms with Crippen LogP contribution in [0.15, 0.2) is 18.2 Å². The van der Waals surface area contributed by atoms with Crippen LogP contribution in [0.1, 0.15) is 5.56 Å². The second-order valence-electron chi connectivity index (χ2n) is 6.36. The summed E-state index contributed by atoms with van der Waals surface area (Å²) in [5, 5.41) is 11.1. The summed E-state index contributed by atoms with van der Waals surface area (Å²) in [6.45, 7) is 7.05. The van der Waals surface area contributed by atoms with Crippen molar-refractivity contribution in [3.63, 3.8) is 0 Å². The Balaban J connectivity index is 2.68. The van der Waals surface area contributed by atoms with E-state index < -0.39 is 26.8 Å². The van der Waals surface area contributed by atoms with Crippen LogP contribution in [0.5, 0.6) is 5.75 Å². The molecular formula is C13H22NO7PSi. The molecule has 23 heavy (non-hydrogen) atoms. The first kappa shape index (κ1) is 19.8. The molecule has 0 amide bonds. The predicted molar refractivity (Wildman–Crippen MR) is 88.4 cm³/mol. The normalized spacial score (nSPS) is 12.2. The minimum absolute atomic E-state index is 0.0115. The van der Waals surface area contributed by atoms with Gasteiger partial charge in [-0.15, -0.1) is 0 Å². The van der Waals surface area contributed by atoms with Crippen LogP contribution in [0.4, 0.5) is 5.69 Å². The van der Waals surface area contributed by atoms with Gasteiger partial charge in [0.1, 0.15) is 0 Å². The van der Waals surface area contributed by atoms with E-state index in [1.165, 1.54) is 12.1 Å². The summed E-state index contributed by atoms with van der Waals surface area (Å²) in [6, 6.07) is 4.78. The summed E-state index contributed by atoms with van der Waals surface area (Å²) >= 11 is 0. The minimum atomic E-state index is -4.28. The van der Waals surface area contributed by atoms with E-state index in [0.717, 1.165) is 12.1 Å². The number of rotatable bonds is 9. The fraction of sp³-hybridized carbons (Fsp3) is 0.538. The lowest BCUT2D eigenvalue weighted by Gasteiger charge is -2.15. The van der Waals surface area contributed by atoms with E-state index in [1.54, 1.807) is 0 Å². The van der Waals surface area contributed by atoms with Gasteiger partial charge in [0.25, 0.3) is 0 Å². The van der Waals surface area contributed by atoms with Crippen molar-refractivity contribution < 1.29 is 28.7 Å². The van der Waals surface area contributed by atoms with Gasteiger partial charge in [0.15, 0.2) is 12.5 Å². The quantitative estimate of drug-likeness (QED) is 0.173. The molecule has 0 aromatic heterocycles. The van der Waals surface area contributed by atoms with Crippen LogP contribution in [0.25, 0.3) is 0 Å². The van der Waals surface area contributed by atoms with Crippen molar-refractivity contribution in [3.8, 4) is 5.75 Å². The molecule has 10 heteroatoms. The van der Waals surface area contributed by atoms with Gasteiger partial charge < -0.3 is 19.3 Å². The van der Waals surface area contributed by atoms with Crippen LogP contribution >= 0.6 is 7.60 Å². The van der Waals surface area contributed by atoms with Gasteiger partial charge in [-0.25, -0.2) is 0 Å². The monoisotopic (exact) mass is 363 g/mol. The van der Waals surface area contributed by atoms with Crippen LogP contribution in [0.2, 0.25) is 25.7 Å². The van der Waals surface area contributed by atoms with Gasteiger partial charge in [-0.1, -0.05) is 25.7 Å². The first-order chi connectivity index (χ1) is 10.5. The van der Waals surface area contributed by atoms with Crippen molar-refractivity contribution in [1.29, 1.82) is 0 Å². The van der Waals surface area contributed by atoms with Gasteiger partial charge in [0, 0.05) is 20.7 Å². The summed E-state index contributed by atoms with van der Waals surface area (Å²) < 4.78 is 21.5. The van der Waals surface area contributed by atoms with Crippen molar-refractivity contribution in [1.82, 2.24) is 0 Å². The zero-order chi connectivity index (χ0) is 17.7. The van der Waals surface area contributed by atoms with E-state index in [1.807, 2.05) is 0 Å². The Hall–Kier alpha value is -1.25. The third-order valence-corrected chi connectivity index (χ3v) is 5.38. The van der Waals surface area contributed by atoms with E-state index in [0.29, 0.717) is 6.61 Å². The molecule has 8 nitrogen and oxygen atoms in total. The molecule has 0 atom stereocenters. The third kappa shape index (κ3) is 8.24. The Morgan fingerprint density at radius 3 is 2.48 bits per heavy atom. The number of benzene rings is 1. The lowest BCUT2D eigenvalue weighted by atomic mass is 10.2. The molecule has 0 saturated heterocycles. The van der Waals surface area contributed by atoms with Crippen molar-refractivity contribution in [3.05, 3.63) is 33.9 Å². The van der Waals surface area contributed by atoms with Crippen molar-refractivity contribution in [2.45, 2.75) is 31.8 Å². The molecule has 2 N–H and O–H groups in total. The summed E-state index contributed by atoms with van der Waals surface area (Å²) in [4.78, 5) is 28.3. The van der Waals surface area contributed by atoms with Crippen molar-refractivity contribution in [2.24, 2.45) is 0 Å². The van der Waals surface area contributed by atoms with Crippen molar-refractivity contribution >= 4 is 21.4 Å². The Kier molecular flexibility index (Phi) is 6.91. The average Bonchev–Trinajstić information content (AvgIpc) is 2.36. The predicted octanol–water partition coefficient (Wildman–Crippen LogP) is 2.96. The molecule has 130 valence electrons. The number of nitro benzene ring substituents is 1. The molecule has 0 spiro atoms. The number of nitrogens with zero attached hydrogens (tertiary/aromatic N) is 1. The average molecular weight is 363 g/mol. The number of hydrogen-bond acceptors (Lipinski definition) is 5. The first-order valence-electron chi connectivity index (χ1n) is 7.00. The van der Waals surface area contributed by atoms with Crippen LogP contribution in [-0.4, -0.2) is 36.2 Å². The Morgan fingerprint density at radius 2 is 1.96 bits per heavy atom. The number of hydrogen-bond donors (Lipinski definition) is 2. The molecule has 0 aliphatic carbocycles. The Labute approximate surface area is 135 Å². The summed E-state index contributed by atoms with van der Waals surface area (Å²) in [5.74, 6) is 0.0115. The van der Waals surface area contributed by atoms with Gasteiger partial charge in [0.2, 0.25) is 0 Å².